The van der Waals surface area contributed by atoms with Crippen molar-refractivity contribution in [2.24, 2.45) is 0 Å². The molecule has 0 atom stereocenters. The Labute approximate surface area is 203 Å². The minimum atomic E-state index is -4.40. The number of hydrogen-bond acceptors (Lipinski definition) is 6. The molecule has 1 aromatic carbocycles. The number of thiocarbonyl (C=S) groups is 1. The Bertz CT molecular complexity index is 1160. The van der Waals surface area contributed by atoms with E-state index in [-0.39, 0.29) is 0 Å². The molecule has 0 spiro atoms. The molecule has 5 nitrogen and oxygen atoms in total. The number of alkyl halides is 3. The minimum Gasteiger partial charge on any atom is -0.323 e. The Kier molecular flexibility index (Phi) is 8.33. The number of rotatable bonds is 9. The van der Waals surface area contributed by atoms with Crippen LogP contribution in [0.15, 0.2) is 36.7 Å². The summed E-state index contributed by atoms with van der Waals surface area (Å²) < 4.78 is 39.4. The largest absolute Gasteiger partial charge is 0.416 e. The smallest absolute Gasteiger partial charge is 0.323 e. The Morgan fingerprint density at radius 2 is 1.85 bits per heavy atom. The third-order valence-corrected chi connectivity index (χ3v) is 5.60. The normalized spacial score (nSPS) is 11.6. The first kappa shape index (κ1) is 25.7. The maximum atomic E-state index is 13.1. The van der Waals surface area contributed by atoms with E-state index >= 15 is 0 Å². The number of hydrogen-bond donors (Lipinski definition) is 1. The van der Waals surface area contributed by atoms with Crippen LogP contribution in [0.3, 0.4) is 0 Å². The highest BCUT2D eigenvalue weighted by atomic mass is 32.1. The average molecular weight is 488 g/mol. The molecule has 0 fully saturated rings. The van der Waals surface area contributed by atoms with Crippen molar-refractivity contribution in [2.45, 2.75) is 39.3 Å². The molecule has 1 N–H and O–H groups in total. The van der Waals surface area contributed by atoms with Crippen molar-refractivity contribution in [2.75, 3.05) is 26.0 Å². The summed E-state index contributed by atoms with van der Waals surface area (Å²) >= 11 is 5.01. The molecule has 0 unspecified atom stereocenters. The van der Waals surface area contributed by atoms with Gasteiger partial charge in [0.15, 0.2) is 0 Å². The van der Waals surface area contributed by atoms with Gasteiger partial charge in [0, 0.05) is 29.9 Å². The molecule has 0 aliphatic rings. The summed E-state index contributed by atoms with van der Waals surface area (Å²) in [6, 6.07) is 5.70. The van der Waals surface area contributed by atoms with Gasteiger partial charge < -0.3 is 10.2 Å². The van der Waals surface area contributed by atoms with E-state index in [9.17, 15) is 13.2 Å². The Hall–Kier alpha value is -2.91. The van der Waals surface area contributed by atoms with Crippen molar-refractivity contribution < 1.29 is 13.2 Å². The van der Waals surface area contributed by atoms with Crippen LogP contribution in [0.4, 0.5) is 24.8 Å². The van der Waals surface area contributed by atoms with E-state index in [1.54, 1.807) is 18.5 Å². The van der Waals surface area contributed by atoms with Gasteiger partial charge in [0.05, 0.1) is 22.6 Å². The highest BCUT2D eigenvalue weighted by molar-refractivity contribution is 7.79. The van der Waals surface area contributed by atoms with Gasteiger partial charge in [-0.1, -0.05) is 18.3 Å². The summed E-state index contributed by atoms with van der Waals surface area (Å²) in [5, 5.41) is 4.79. The Balaban J connectivity index is 1.94. The van der Waals surface area contributed by atoms with Crippen LogP contribution >= 0.6 is 12.2 Å². The molecule has 2 aromatic heterocycles. The van der Waals surface area contributed by atoms with Crippen molar-refractivity contribution >= 4 is 29.2 Å². The van der Waals surface area contributed by atoms with Gasteiger partial charge in [-0.15, -0.1) is 0 Å². The summed E-state index contributed by atoms with van der Waals surface area (Å²) in [7, 11) is 4.09. The average Bonchev–Trinajstić information content (AvgIpc) is 2.76. The summed E-state index contributed by atoms with van der Waals surface area (Å²) in [5.41, 5.74) is 4.39. The number of nitrogens with zero attached hydrogens (tertiary/aromatic N) is 4. The zero-order chi connectivity index (χ0) is 24.9. The zero-order valence-corrected chi connectivity index (χ0v) is 20.5. The fourth-order valence-corrected chi connectivity index (χ4v) is 3.78. The van der Waals surface area contributed by atoms with Gasteiger partial charge in [0.2, 0.25) is 5.95 Å². The van der Waals surface area contributed by atoms with Crippen molar-refractivity contribution in [1.82, 2.24) is 19.9 Å². The second kappa shape index (κ2) is 11.0. The van der Waals surface area contributed by atoms with Gasteiger partial charge in [-0.2, -0.15) is 13.2 Å². The molecule has 2 heterocycles. The highest BCUT2D eigenvalue weighted by Gasteiger charge is 2.31. The molecule has 3 aromatic rings. The maximum Gasteiger partial charge on any atom is 0.416 e. The van der Waals surface area contributed by atoms with E-state index in [1.165, 1.54) is 6.07 Å². The molecule has 0 saturated carbocycles. The van der Waals surface area contributed by atoms with Gasteiger partial charge in [-0.05, 0) is 82.0 Å². The molecule has 180 valence electrons. The molecule has 0 amide bonds. The summed E-state index contributed by atoms with van der Waals surface area (Å²) in [6.07, 6.45) is 1.46. The lowest BCUT2D eigenvalue weighted by atomic mass is 9.98. The van der Waals surface area contributed by atoms with E-state index in [1.807, 2.05) is 33.3 Å². The van der Waals surface area contributed by atoms with Crippen LogP contribution in [0.1, 0.15) is 34.4 Å². The van der Waals surface area contributed by atoms with Crippen LogP contribution in [-0.4, -0.2) is 45.9 Å². The number of anilines is 2. The Morgan fingerprint density at radius 3 is 2.50 bits per heavy atom. The third kappa shape index (κ3) is 6.57. The van der Waals surface area contributed by atoms with Gasteiger partial charge in [-0.3, -0.25) is 4.98 Å². The molecule has 0 radical (unpaired) electrons. The molecule has 0 aliphatic heterocycles. The molecule has 9 heteroatoms. The zero-order valence-electron chi connectivity index (χ0n) is 19.7. The number of aromatic nitrogens is 3. The molecule has 3 rings (SSSR count). The second-order valence-corrected chi connectivity index (χ2v) is 8.81. The lowest BCUT2D eigenvalue weighted by Gasteiger charge is -2.15. The lowest BCUT2D eigenvalue weighted by Crippen LogP contribution is -2.13. The fourth-order valence-electron chi connectivity index (χ4n) is 3.60. The SMILES string of the molecule is Cc1cc(C(F)(F)F)ccc1-c1nc(Nc2cc(CCCN(C)C)cnc2C)ncc1CC=S. The quantitative estimate of drug-likeness (QED) is 0.376. The maximum absolute atomic E-state index is 13.1. The van der Waals surface area contributed by atoms with Gasteiger partial charge in [0.25, 0.3) is 0 Å². The van der Waals surface area contributed by atoms with Crippen LogP contribution < -0.4 is 5.32 Å². The molecule has 0 saturated heterocycles. The van der Waals surface area contributed by atoms with Crippen molar-refractivity contribution in [1.29, 1.82) is 0 Å². The minimum absolute atomic E-state index is 0.345. The fraction of sp³-hybridized carbons (Fsp3) is 0.360. The number of aryl methyl sites for hydroxylation is 3. The highest BCUT2D eigenvalue weighted by Crippen LogP contribution is 2.34. The molecule has 0 aliphatic carbocycles. The summed E-state index contributed by atoms with van der Waals surface area (Å²) in [5.74, 6) is 0.345. The van der Waals surface area contributed by atoms with Crippen LogP contribution in [0, 0.1) is 13.8 Å². The number of nitrogens with one attached hydrogen (secondary N) is 1. The number of benzene rings is 1. The van der Waals surface area contributed by atoms with Gasteiger partial charge in [-0.25, -0.2) is 9.97 Å². The Morgan fingerprint density at radius 1 is 1.09 bits per heavy atom. The summed E-state index contributed by atoms with van der Waals surface area (Å²) in [6.45, 7) is 4.52. The number of halogens is 3. The van der Waals surface area contributed by atoms with Crippen LogP contribution in [0.2, 0.25) is 0 Å². The van der Waals surface area contributed by atoms with Crippen LogP contribution in [0.5, 0.6) is 0 Å². The van der Waals surface area contributed by atoms with E-state index in [0.717, 1.165) is 54.0 Å². The second-order valence-electron chi connectivity index (χ2n) is 8.47. The van der Waals surface area contributed by atoms with Crippen molar-refractivity contribution in [3.63, 3.8) is 0 Å². The lowest BCUT2D eigenvalue weighted by molar-refractivity contribution is -0.137. The monoisotopic (exact) mass is 487 g/mol. The molecule has 34 heavy (non-hydrogen) atoms. The standard InChI is InChI=1S/C25H28F3N5S/c1-16-12-20(25(26,27)28)7-8-21(16)23-19(9-11-34)15-30-24(32-23)31-22-13-18(14-29-17(22)2)6-5-10-33(3)4/h7-8,11-15H,5-6,9-10H2,1-4H3,(H,30,31,32). The summed E-state index contributed by atoms with van der Waals surface area (Å²) in [4.78, 5) is 15.7. The van der Waals surface area contributed by atoms with Crippen molar-refractivity contribution in [3.05, 3.63) is 64.6 Å². The molecular weight excluding hydrogens is 459 g/mol. The molecular formula is C25H28F3N5S. The van der Waals surface area contributed by atoms with E-state index in [2.05, 4.69) is 25.2 Å². The first-order chi connectivity index (χ1) is 16.1. The first-order valence-corrected chi connectivity index (χ1v) is 11.4. The van der Waals surface area contributed by atoms with Crippen molar-refractivity contribution in [3.8, 4) is 11.3 Å². The first-order valence-electron chi connectivity index (χ1n) is 10.9. The predicted octanol–water partition coefficient (Wildman–Crippen LogP) is 5.95. The van der Waals surface area contributed by atoms with E-state index in [4.69, 9.17) is 12.2 Å². The van der Waals surface area contributed by atoms with Crippen LogP contribution in [-0.2, 0) is 19.0 Å². The van der Waals surface area contributed by atoms with E-state index in [0.29, 0.717) is 29.2 Å². The molecule has 0 bridgehead atoms. The van der Waals surface area contributed by atoms with Gasteiger partial charge >= 0.3 is 6.18 Å². The van der Waals surface area contributed by atoms with Crippen LogP contribution in [0.25, 0.3) is 11.3 Å². The van der Waals surface area contributed by atoms with E-state index < -0.39 is 11.7 Å². The number of pyridine rings is 1. The van der Waals surface area contributed by atoms with Gasteiger partial charge in [0.1, 0.15) is 0 Å². The third-order valence-electron chi connectivity index (χ3n) is 5.44. The topological polar surface area (TPSA) is 53.9 Å². The predicted molar refractivity (Wildman–Crippen MR) is 134 cm³/mol.